The van der Waals surface area contributed by atoms with Gasteiger partial charge in [-0.15, -0.1) is 0 Å². The number of anilines is 1. The number of hydrogen-bond acceptors (Lipinski definition) is 5. The zero-order valence-corrected chi connectivity index (χ0v) is 11.2. The predicted molar refractivity (Wildman–Crippen MR) is 78.5 cm³/mol. The van der Waals surface area contributed by atoms with E-state index < -0.39 is 0 Å². The molecule has 1 N–H and O–H groups in total. The summed E-state index contributed by atoms with van der Waals surface area (Å²) < 4.78 is 0. The van der Waals surface area contributed by atoms with Gasteiger partial charge in [0.05, 0.1) is 0 Å². The molecule has 0 amide bonds. The van der Waals surface area contributed by atoms with Crippen molar-refractivity contribution in [3.8, 4) is 0 Å². The van der Waals surface area contributed by atoms with E-state index in [9.17, 15) is 0 Å². The maximum atomic E-state index is 4.42. The Bertz CT molecular complexity index is 709. The molecular weight excluding hydrogens is 250 g/mol. The maximum absolute atomic E-state index is 4.42. The lowest BCUT2D eigenvalue weighted by Crippen LogP contribution is -2.06. The molecule has 3 aromatic heterocycles. The number of fused-ring (bicyclic) bond motifs is 1. The van der Waals surface area contributed by atoms with Crippen LogP contribution in [0.5, 0.6) is 0 Å². The topological polar surface area (TPSA) is 63.6 Å². The van der Waals surface area contributed by atoms with E-state index in [0.717, 1.165) is 30.0 Å². The third-order valence-electron chi connectivity index (χ3n) is 3.02. The summed E-state index contributed by atoms with van der Waals surface area (Å²) in [6.07, 6.45) is 6.14. The summed E-state index contributed by atoms with van der Waals surface area (Å²) in [4.78, 5) is 17.1. The molecule has 3 rings (SSSR count). The molecule has 20 heavy (non-hydrogen) atoms. The van der Waals surface area contributed by atoms with Gasteiger partial charge in [0.1, 0.15) is 11.3 Å². The van der Waals surface area contributed by atoms with E-state index in [-0.39, 0.29) is 0 Å². The molecule has 0 spiro atoms. The summed E-state index contributed by atoms with van der Waals surface area (Å²) in [5.41, 5.74) is 3.72. The number of nitrogens with one attached hydrogen (secondary N) is 1. The highest BCUT2D eigenvalue weighted by molar-refractivity contribution is 5.71. The van der Waals surface area contributed by atoms with Gasteiger partial charge in [0, 0.05) is 30.8 Å². The molecule has 0 aliphatic rings. The van der Waals surface area contributed by atoms with Crippen molar-refractivity contribution in [3.05, 3.63) is 54.1 Å². The molecule has 3 aromatic rings. The fourth-order valence-corrected chi connectivity index (χ4v) is 1.93. The lowest BCUT2D eigenvalue weighted by atomic mass is 10.2. The number of hydrogen-bond donors (Lipinski definition) is 1. The first-order valence-electron chi connectivity index (χ1n) is 6.54. The second kappa shape index (κ2) is 5.61. The predicted octanol–water partition coefficient (Wildman–Crippen LogP) is 2.38. The third-order valence-corrected chi connectivity index (χ3v) is 3.02. The van der Waals surface area contributed by atoms with Crippen LogP contribution in [-0.4, -0.2) is 26.5 Å². The molecule has 0 aromatic carbocycles. The summed E-state index contributed by atoms with van der Waals surface area (Å²) in [5.74, 6) is 0.818. The Balaban J connectivity index is 1.63. The molecule has 5 heteroatoms. The van der Waals surface area contributed by atoms with Gasteiger partial charge in [-0.05, 0) is 37.1 Å². The van der Waals surface area contributed by atoms with Crippen LogP contribution in [0.4, 0.5) is 5.82 Å². The van der Waals surface area contributed by atoms with Crippen molar-refractivity contribution < 1.29 is 0 Å². The summed E-state index contributed by atoms with van der Waals surface area (Å²) in [6.45, 7) is 2.80. The van der Waals surface area contributed by atoms with E-state index in [1.54, 1.807) is 12.4 Å². The zero-order valence-electron chi connectivity index (χ0n) is 11.2. The van der Waals surface area contributed by atoms with Crippen LogP contribution in [-0.2, 0) is 6.42 Å². The Kier molecular flexibility index (Phi) is 3.50. The molecule has 0 aliphatic carbocycles. The minimum atomic E-state index is 0.662. The Hall–Kier alpha value is -2.56. The molecule has 5 nitrogen and oxygen atoms in total. The standard InChI is InChI=1S/C15H15N5/c1-11-2-3-12(10-19-11)6-7-17-14-5-4-13-15(20-14)18-9-8-16-13/h2-5,8-10H,6-7H2,1H3,(H,17,18,20). The van der Waals surface area contributed by atoms with E-state index >= 15 is 0 Å². The second-order valence-corrected chi connectivity index (χ2v) is 4.58. The van der Waals surface area contributed by atoms with Gasteiger partial charge in [-0.25, -0.2) is 9.97 Å². The largest absolute Gasteiger partial charge is 0.370 e. The highest BCUT2D eigenvalue weighted by Gasteiger charge is 1.99. The van der Waals surface area contributed by atoms with Crippen LogP contribution in [0.3, 0.4) is 0 Å². The number of aromatic nitrogens is 4. The fraction of sp³-hybridized carbons (Fsp3) is 0.200. The Morgan fingerprint density at radius 3 is 2.75 bits per heavy atom. The molecule has 0 unspecified atom stereocenters. The van der Waals surface area contributed by atoms with E-state index in [1.807, 2.05) is 31.3 Å². The Morgan fingerprint density at radius 1 is 1.00 bits per heavy atom. The monoisotopic (exact) mass is 265 g/mol. The van der Waals surface area contributed by atoms with Crippen LogP contribution in [0, 0.1) is 6.92 Å². The molecule has 0 fully saturated rings. The van der Waals surface area contributed by atoms with Gasteiger partial charge in [-0.2, -0.15) is 0 Å². The lowest BCUT2D eigenvalue weighted by molar-refractivity contribution is 0.988. The van der Waals surface area contributed by atoms with E-state index in [1.165, 1.54) is 5.56 Å². The SMILES string of the molecule is Cc1ccc(CCNc2ccc3nccnc3n2)cn1. The van der Waals surface area contributed by atoms with Crippen molar-refractivity contribution in [1.29, 1.82) is 0 Å². The number of rotatable bonds is 4. The van der Waals surface area contributed by atoms with Gasteiger partial charge in [0.15, 0.2) is 5.65 Å². The number of aryl methyl sites for hydroxylation is 1. The molecule has 3 heterocycles. The first-order chi connectivity index (χ1) is 9.81. The molecule has 0 bridgehead atoms. The van der Waals surface area contributed by atoms with Gasteiger partial charge < -0.3 is 5.32 Å². The maximum Gasteiger partial charge on any atom is 0.180 e. The van der Waals surface area contributed by atoms with Crippen LogP contribution in [0.25, 0.3) is 11.2 Å². The van der Waals surface area contributed by atoms with E-state index in [0.29, 0.717) is 5.65 Å². The van der Waals surface area contributed by atoms with Crippen molar-refractivity contribution in [1.82, 2.24) is 19.9 Å². The van der Waals surface area contributed by atoms with Crippen LogP contribution < -0.4 is 5.32 Å². The molecule has 100 valence electrons. The van der Waals surface area contributed by atoms with Crippen molar-refractivity contribution >= 4 is 17.0 Å². The van der Waals surface area contributed by atoms with Crippen molar-refractivity contribution in [2.24, 2.45) is 0 Å². The minimum absolute atomic E-state index is 0.662. The number of nitrogens with zero attached hydrogens (tertiary/aromatic N) is 4. The average Bonchev–Trinajstić information content (AvgIpc) is 2.49. The van der Waals surface area contributed by atoms with Crippen molar-refractivity contribution in [3.63, 3.8) is 0 Å². The smallest absolute Gasteiger partial charge is 0.180 e. The van der Waals surface area contributed by atoms with Gasteiger partial charge in [0.2, 0.25) is 0 Å². The van der Waals surface area contributed by atoms with Gasteiger partial charge in [-0.3, -0.25) is 9.97 Å². The highest BCUT2D eigenvalue weighted by atomic mass is 15.0. The van der Waals surface area contributed by atoms with Crippen molar-refractivity contribution in [2.75, 3.05) is 11.9 Å². The molecule has 0 atom stereocenters. The summed E-state index contributed by atoms with van der Waals surface area (Å²) in [5, 5.41) is 3.29. The first-order valence-corrected chi connectivity index (χ1v) is 6.54. The quantitative estimate of drug-likeness (QED) is 0.784. The first kappa shape index (κ1) is 12.5. The summed E-state index contributed by atoms with van der Waals surface area (Å²) >= 11 is 0. The Labute approximate surface area is 117 Å². The summed E-state index contributed by atoms with van der Waals surface area (Å²) in [6, 6.07) is 7.97. The van der Waals surface area contributed by atoms with Crippen LogP contribution in [0.1, 0.15) is 11.3 Å². The van der Waals surface area contributed by atoms with Gasteiger partial charge in [-0.1, -0.05) is 6.07 Å². The zero-order chi connectivity index (χ0) is 13.8. The molecule has 0 aliphatic heterocycles. The summed E-state index contributed by atoms with van der Waals surface area (Å²) in [7, 11) is 0. The van der Waals surface area contributed by atoms with Crippen LogP contribution in [0.15, 0.2) is 42.9 Å². The number of pyridine rings is 2. The van der Waals surface area contributed by atoms with E-state index in [4.69, 9.17) is 0 Å². The Morgan fingerprint density at radius 2 is 1.90 bits per heavy atom. The molecular formula is C15H15N5. The molecule has 0 radical (unpaired) electrons. The van der Waals surface area contributed by atoms with Crippen molar-refractivity contribution in [2.45, 2.75) is 13.3 Å². The van der Waals surface area contributed by atoms with Gasteiger partial charge in [0.25, 0.3) is 0 Å². The minimum Gasteiger partial charge on any atom is -0.370 e. The van der Waals surface area contributed by atoms with E-state index in [2.05, 4.69) is 31.3 Å². The van der Waals surface area contributed by atoms with Crippen LogP contribution >= 0.6 is 0 Å². The molecule has 0 saturated carbocycles. The van der Waals surface area contributed by atoms with Gasteiger partial charge >= 0.3 is 0 Å². The normalized spacial score (nSPS) is 10.7. The molecule has 0 saturated heterocycles. The second-order valence-electron chi connectivity index (χ2n) is 4.58. The highest BCUT2D eigenvalue weighted by Crippen LogP contribution is 2.10. The lowest BCUT2D eigenvalue weighted by Gasteiger charge is -2.06. The average molecular weight is 265 g/mol. The fourth-order valence-electron chi connectivity index (χ4n) is 1.93. The third kappa shape index (κ3) is 2.88. The van der Waals surface area contributed by atoms with Crippen LogP contribution in [0.2, 0.25) is 0 Å².